The van der Waals surface area contributed by atoms with Gasteiger partial charge in [-0.25, -0.2) is 0 Å². The van der Waals surface area contributed by atoms with E-state index in [1.807, 2.05) is 6.07 Å². The van der Waals surface area contributed by atoms with Gasteiger partial charge in [0.15, 0.2) is 0 Å². The molecule has 1 N–H and O–H groups in total. The van der Waals surface area contributed by atoms with Crippen LogP contribution in [0.1, 0.15) is 44.1 Å². The van der Waals surface area contributed by atoms with Crippen LogP contribution in [0.3, 0.4) is 0 Å². The Hall–Kier alpha value is -1.47. The van der Waals surface area contributed by atoms with Gasteiger partial charge in [-0.2, -0.15) is 5.26 Å². The summed E-state index contributed by atoms with van der Waals surface area (Å²) < 4.78 is 0. The van der Waals surface area contributed by atoms with Gasteiger partial charge in [-0.1, -0.05) is 36.8 Å². The van der Waals surface area contributed by atoms with Crippen molar-refractivity contribution in [2.24, 2.45) is 0 Å². The van der Waals surface area contributed by atoms with Gasteiger partial charge in [0.1, 0.15) is 5.40 Å². The highest BCUT2D eigenvalue weighted by Crippen LogP contribution is 2.31. The summed E-state index contributed by atoms with van der Waals surface area (Å²) >= 11 is 1.33. The van der Waals surface area contributed by atoms with E-state index < -0.39 is 0 Å². The zero-order valence-electron chi connectivity index (χ0n) is 12.3. The lowest BCUT2D eigenvalue weighted by Crippen LogP contribution is -2.45. The highest BCUT2D eigenvalue weighted by atomic mass is 32.2. The van der Waals surface area contributed by atoms with Crippen LogP contribution in [0.25, 0.3) is 0 Å². The molecule has 0 spiro atoms. The first-order valence-corrected chi connectivity index (χ1v) is 8.54. The van der Waals surface area contributed by atoms with Crippen LogP contribution >= 0.6 is 11.8 Å². The van der Waals surface area contributed by atoms with Crippen LogP contribution in [0.4, 0.5) is 0 Å². The fourth-order valence-electron chi connectivity index (χ4n) is 2.59. The summed E-state index contributed by atoms with van der Waals surface area (Å²) in [7, 11) is 0. The van der Waals surface area contributed by atoms with E-state index >= 15 is 0 Å². The number of nitriles is 1. The maximum atomic E-state index is 11.8. The van der Waals surface area contributed by atoms with Gasteiger partial charge in [0, 0.05) is 17.7 Å². The summed E-state index contributed by atoms with van der Waals surface area (Å²) in [5, 5.41) is 14.1. The molecule has 1 amide bonds. The molecule has 0 atom stereocenters. The van der Waals surface area contributed by atoms with Crippen LogP contribution in [0.15, 0.2) is 30.3 Å². The topological polar surface area (TPSA) is 52.9 Å². The zero-order chi connectivity index (χ0) is 14.9. The number of aryl methyl sites for hydroxylation is 1. The first kappa shape index (κ1) is 15.9. The second-order valence-electron chi connectivity index (χ2n) is 5.61. The number of carbonyl (C=O) groups is 1. The van der Waals surface area contributed by atoms with E-state index in [0.717, 1.165) is 38.5 Å². The Kier molecular flexibility index (Phi) is 6.62. The molecular formula is C17H22N2OS. The SMILES string of the molecule is N#CSC1CC(NC(=O)CCCCCc2ccccc2)C1. The van der Waals surface area contributed by atoms with Gasteiger partial charge in [-0.3, -0.25) is 4.79 Å². The summed E-state index contributed by atoms with van der Waals surface area (Å²) in [4.78, 5) is 11.8. The molecule has 1 aromatic carbocycles. The fourth-order valence-corrected chi connectivity index (χ4v) is 3.40. The van der Waals surface area contributed by atoms with Crippen LogP contribution in [0.2, 0.25) is 0 Å². The molecule has 0 aromatic heterocycles. The lowest BCUT2D eigenvalue weighted by molar-refractivity contribution is -0.122. The Morgan fingerprint density at radius 3 is 2.71 bits per heavy atom. The highest BCUT2D eigenvalue weighted by Gasteiger charge is 2.30. The Morgan fingerprint density at radius 2 is 2.00 bits per heavy atom. The molecule has 0 bridgehead atoms. The Labute approximate surface area is 131 Å². The van der Waals surface area contributed by atoms with Gasteiger partial charge in [-0.15, -0.1) is 0 Å². The van der Waals surface area contributed by atoms with Gasteiger partial charge in [0.2, 0.25) is 5.91 Å². The number of hydrogen-bond donors (Lipinski definition) is 1. The minimum atomic E-state index is 0.167. The number of benzene rings is 1. The quantitative estimate of drug-likeness (QED) is 0.589. The lowest BCUT2D eigenvalue weighted by Gasteiger charge is -2.33. The molecule has 4 heteroatoms. The van der Waals surface area contributed by atoms with Crippen molar-refractivity contribution in [3.05, 3.63) is 35.9 Å². The summed E-state index contributed by atoms with van der Waals surface area (Å²) in [5.41, 5.74) is 1.37. The monoisotopic (exact) mass is 302 g/mol. The molecule has 0 radical (unpaired) electrons. The Balaban J connectivity index is 1.48. The average Bonchev–Trinajstić information content (AvgIpc) is 2.46. The van der Waals surface area contributed by atoms with E-state index in [-0.39, 0.29) is 5.91 Å². The van der Waals surface area contributed by atoms with Crippen molar-refractivity contribution in [3.63, 3.8) is 0 Å². The second kappa shape index (κ2) is 8.74. The van der Waals surface area contributed by atoms with Crippen molar-refractivity contribution in [2.75, 3.05) is 0 Å². The molecule has 21 heavy (non-hydrogen) atoms. The molecule has 0 heterocycles. The van der Waals surface area contributed by atoms with Crippen LogP contribution in [-0.4, -0.2) is 17.2 Å². The van der Waals surface area contributed by atoms with Crippen molar-refractivity contribution in [2.45, 2.75) is 56.2 Å². The van der Waals surface area contributed by atoms with Gasteiger partial charge >= 0.3 is 0 Å². The molecule has 1 aromatic rings. The number of hydrogen-bond acceptors (Lipinski definition) is 3. The highest BCUT2D eigenvalue weighted by molar-refractivity contribution is 8.04. The Morgan fingerprint density at radius 1 is 1.24 bits per heavy atom. The number of carbonyl (C=O) groups excluding carboxylic acids is 1. The van der Waals surface area contributed by atoms with Crippen molar-refractivity contribution in [1.82, 2.24) is 5.32 Å². The third-order valence-corrected chi connectivity index (χ3v) is 4.72. The van der Waals surface area contributed by atoms with Crippen molar-refractivity contribution in [1.29, 1.82) is 5.26 Å². The van der Waals surface area contributed by atoms with Crippen molar-refractivity contribution < 1.29 is 4.79 Å². The van der Waals surface area contributed by atoms with E-state index in [1.165, 1.54) is 17.3 Å². The molecular weight excluding hydrogens is 280 g/mol. The summed E-state index contributed by atoms with van der Waals surface area (Å²) in [6.07, 6.45) is 6.80. The predicted octanol–water partition coefficient (Wildman–Crippen LogP) is 3.65. The van der Waals surface area contributed by atoms with Crippen LogP contribution in [0, 0.1) is 10.7 Å². The van der Waals surface area contributed by atoms with Gasteiger partial charge in [0.05, 0.1) is 0 Å². The lowest BCUT2D eigenvalue weighted by atomic mass is 9.92. The number of nitrogens with one attached hydrogen (secondary N) is 1. The largest absolute Gasteiger partial charge is 0.353 e. The smallest absolute Gasteiger partial charge is 0.220 e. The first-order valence-electron chi connectivity index (χ1n) is 7.66. The number of unbranched alkanes of at least 4 members (excludes halogenated alkanes) is 2. The third-order valence-electron chi connectivity index (χ3n) is 3.89. The van der Waals surface area contributed by atoms with E-state index in [9.17, 15) is 4.79 Å². The fraction of sp³-hybridized carbons (Fsp3) is 0.529. The summed E-state index contributed by atoms with van der Waals surface area (Å²) in [6, 6.07) is 10.8. The van der Waals surface area contributed by atoms with Gasteiger partial charge in [-0.05, 0) is 49.4 Å². The van der Waals surface area contributed by atoms with Crippen molar-refractivity contribution >= 4 is 17.7 Å². The zero-order valence-corrected chi connectivity index (χ0v) is 13.1. The first-order chi connectivity index (χ1) is 10.3. The van der Waals surface area contributed by atoms with Crippen LogP contribution in [-0.2, 0) is 11.2 Å². The molecule has 0 saturated heterocycles. The molecule has 1 aliphatic carbocycles. The van der Waals surface area contributed by atoms with E-state index in [1.54, 1.807) is 0 Å². The van der Waals surface area contributed by atoms with Gasteiger partial charge < -0.3 is 5.32 Å². The van der Waals surface area contributed by atoms with E-state index in [0.29, 0.717) is 17.7 Å². The predicted molar refractivity (Wildman–Crippen MR) is 86.8 cm³/mol. The molecule has 3 nitrogen and oxygen atoms in total. The van der Waals surface area contributed by atoms with E-state index in [4.69, 9.17) is 5.26 Å². The summed E-state index contributed by atoms with van der Waals surface area (Å²) in [5.74, 6) is 0.167. The molecule has 0 unspecified atom stereocenters. The van der Waals surface area contributed by atoms with E-state index in [2.05, 4.69) is 35.0 Å². The second-order valence-corrected chi connectivity index (χ2v) is 6.70. The minimum absolute atomic E-state index is 0.167. The molecule has 1 saturated carbocycles. The average molecular weight is 302 g/mol. The Bertz CT molecular complexity index is 477. The number of rotatable bonds is 8. The number of thiocyanates is 1. The molecule has 1 aliphatic rings. The molecule has 112 valence electrons. The van der Waals surface area contributed by atoms with Crippen LogP contribution < -0.4 is 5.32 Å². The molecule has 1 fully saturated rings. The van der Waals surface area contributed by atoms with Crippen molar-refractivity contribution in [3.8, 4) is 5.40 Å². The molecule has 0 aliphatic heterocycles. The summed E-state index contributed by atoms with van der Waals surface area (Å²) in [6.45, 7) is 0. The maximum Gasteiger partial charge on any atom is 0.220 e. The number of thioether (sulfide) groups is 1. The van der Waals surface area contributed by atoms with Gasteiger partial charge in [0.25, 0.3) is 0 Å². The molecule has 2 rings (SSSR count). The normalized spacial score (nSPS) is 20.3. The maximum absolute atomic E-state index is 11.8. The standard InChI is InChI=1S/C17H22N2OS/c18-13-21-16-11-15(12-16)19-17(20)10-6-2-5-9-14-7-3-1-4-8-14/h1,3-4,7-8,15-16H,2,5-6,9-12H2,(H,19,20). The minimum Gasteiger partial charge on any atom is -0.353 e. The number of nitrogens with zero attached hydrogens (tertiary/aromatic N) is 1. The van der Waals surface area contributed by atoms with Crippen LogP contribution in [0.5, 0.6) is 0 Å². The number of amides is 1. The third kappa shape index (κ3) is 5.81.